The highest BCUT2D eigenvalue weighted by Crippen LogP contribution is 2.12. The number of methoxy groups -OCH3 is 1. The molecule has 21 heavy (non-hydrogen) atoms. The first-order valence-corrected chi connectivity index (χ1v) is 7.86. The van der Waals surface area contributed by atoms with Gasteiger partial charge in [-0.1, -0.05) is 25.5 Å². The fourth-order valence-electron chi connectivity index (χ4n) is 1.83. The van der Waals surface area contributed by atoms with E-state index in [1.165, 1.54) is 12.0 Å². The number of hydrogen-bond donors (Lipinski definition) is 1. The van der Waals surface area contributed by atoms with Crippen molar-refractivity contribution < 1.29 is 14.2 Å². The molecule has 0 amide bonds. The van der Waals surface area contributed by atoms with Gasteiger partial charge < -0.3 is 19.5 Å². The smallest absolute Gasteiger partial charge is 0.119 e. The predicted molar refractivity (Wildman–Crippen MR) is 86.1 cm³/mol. The van der Waals surface area contributed by atoms with Crippen molar-refractivity contribution in [1.82, 2.24) is 5.32 Å². The Labute approximate surface area is 128 Å². The van der Waals surface area contributed by atoms with Crippen molar-refractivity contribution in [3.63, 3.8) is 0 Å². The summed E-state index contributed by atoms with van der Waals surface area (Å²) in [4.78, 5) is 0. The zero-order valence-corrected chi connectivity index (χ0v) is 13.4. The second kappa shape index (κ2) is 12.6. The summed E-state index contributed by atoms with van der Waals surface area (Å²) in [7, 11) is 1.72. The minimum atomic E-state index is 0.673. The zero-order chi connectivity index (χ0) is 15.2. The Balaban J connectivity index is 1.99. The van der Waals surface area contributed by atoms with E-state index >= 15 is 0 Å². The fourth-order valence-corrected chi connectivity index (χ4v) is 1.83. The van der Waals surface area contributed by atoms with Crippen LogP contribution in [0.3, 0.4) is 0 Å². The Morgan fingerprint density at radius 3 is 2.43 bits per heavy atom. The first-order valence-electron chi connectivity index (χ1n) is 7.86. The quantitative estimate of drug-likeness (QED) is 0.568. The van der Waals surface area contributed by atoms with Crippen molar-refractivity contribution in [2.75, 3.05) is 46.6 Å². The summed E-state index contributed by atoms with van der Waals surface area (Å²) in [5, 5.41) is 3.31. The van der Waals surface area contributed by atoms with Crippen LogP contribution in [0.5, 0.6) is 5.75 Å². The van der Waals surface area contributed by atoms with Gasteiger partial charge in [0.25, 0.3) is 0 Å². The van der Waals surface area contributed by atoms with Gasteiger partial charge in [-0.3, -0.25) is 0 Å². The van der Waals surface area contributed by atoms with Gasteiger partial charge in [0, 0.05) is 26.8 Å². The number of unbranched alkanes of at least 4 members (excludes halogenated alkanes) is 1. The predicted octanol–water partition coefficient (Wildman–Crippen LogP) is 2.66. The van der Waals surface area contributed by atoms with Crippen LogP contribution in [0, 0.1) is 0 Å². The summed E-state index contributed by atoms with van der Waals surface area (Å²) in [6, 6.07) is 8.20. The summed E-state index contributed by atoms with van der Waals surface area (Å²) in [6.45, 7) is 6.95. The molecule has 0 spiro atoms. The Morgan fingerprint density at radius 1 is 0.952 bits per heavy atom. The van der Waals surface area contributed by atoms with Crippen molar-refractivity contribution in [2.45, 2.75) is 26.2 Å². The van der Waals surface area contributed by atoms with E-state index in [9.17, 15) is 0 Å². The summed E-state index contributed by atoms with van der Waals surface area (Å²) in [5.74, 6) is 0.914. The first kappa shape index (κ1) is 18.0. The molecular weight excluding hydrogens is 266 g/mol. The molecule has 0 aromatic heterocycles. The SMILES string of the molecule is CCCCOCCNCCOc1ccc(CCOC)cc1. The zero-order valence-electron chi connectivity index (χ0n) is 13.4. The second-order valence-electron chi connectivity index (χ2n) is 4.95. The molecule has 1 N–H and O–H groups in total. The molecule has 1 aromatic rings. The van der Waals surface area contributed by atoms with Gasteiger partial charge >= 0.3 is 0 Å². The Kier molecular flexibility index (Phi) is 10.8. The van der Waals surface area contributed by atoms with Gasteiger partial charge in [0.2, 0.25) is 0 Å². The number of nitrogens with one attached hydrogen (secondary N) is 1. The van der Waals surface area contributed by atoms with E-state index in [4.69, 9.17) is 14.2 Å². The van der Waals surface area contributed by atoms with E-state index in [0.29, 0.717) is 6.61 Å². The molecule has 0 unspecified atom stereocenters. The Bertz CT molecular complexity index is 340. The van der Waals surface area contributed by atoms with Crippen molar-refractivity contribution in [2.24, 2.45) is 0 Å². The summed E-state index contributed by atoms with van der Waals surface area (Å²) in [5.41, 5.74) is 1.27. The molecule has 4 heteroatoms. The monoisotopic (exact) mass is 295 g/mol. The molecule has 0 saturated carbocycles. The fraction of sp³-hybridized carbons (Fsp3) is 0.647. The van der Waals surface area contributed by atoms with Gasteiger partial charge in [0.05, 0.1) is 13.2 Å². The topological polar surface area (TPSA) is 39.7 Å². The van der Waals surface area contributed by atoms with E-state index in [0.717, 1.165) is 51.5 Å². The standard InChI is InChI=1S/C17H29NO3/c1-3-4-12-20-14-10-18-11-15-21-17-7-5-16(6-8-17)9-13-19-2/h5-8,18H,3-4,9-15H2,1-2H3. The van der Waals surface area contributed by atoms with Crippen molar-refractivity contribution in [3.8, 4) is 5.75 Å². The molecule has 0 saturated heterocycles. The normalized spacial score (nSPS) is 10.8. The third-order valence-corrected chi connectivity index (χ3v) is 3.13. The maximum atomic E-state index is 5.68. The number of ether oxygens (including phenoxy) is 3. The average Bonchev–Trinajstić information content (AvgIpc) is 2.52. The Hall–Kier alpha value is -1.10. The van der Waals surface area contributed by atoms with E-state index in [2.05, 4.69) is 24.4 Å². The molecule has 0 radical (unpaired) electrons. The molecule has 0 atom stereocenters. The molecule has 4 nitrogen and oxygen atoms in total. The van der Waals surface area contributed by atoms with Crippen LogP contribution in [-0.2, 0) is 15.9 Å². The van der Waals surface area contributed by atoms with Gasteiger partial charge in [-0.05, 0) is 30.5 Å². The largest absolute Gasteiger partial charge is 0.492 e. The molecular formula is C17H29NO3. The lowest BCUT2D eigenvalue weighted by molar-refractivity contribution is 0.132. The van der Waals surface area contributed by atoms with E-state index in [-0.39, 0.29) is 0 Å². The first-order chi connectivity index (χ1) is 10.4. The lowest BCUT2D eigenvalue weighted by atomic mass is 10.1. The van der Waals surface area contributed by atoms with Crippen LogP contribution in [0.15, 0.2) is 24.3 Å². The van der Waals surface area contributed by atoms with Gasteiger partial charge in [0.15, 0.2) is 0 Å². The lowest BCUT2D eigenvalue weighted by Crippen LogP contribution is -2.25. The Morgan fingerprint density at radius 2 is 1.71 bits per heavy atom. The van der Waals surface area contributed by atoms with Gasteiger partial charge in [0.1, 0.15) is 12.4 Å². The minimum Gasteiger partial charge on any atom is -0.492 e. The maximum Gasteiger partial charge on any atom is 0.119 e. The van der Waals surface area contributed by atoms with Gasteiger partial charge in [-0.15, -0.1) is 0 Å². The van der Waals surface area contributed by atoms with Crippen molar-refractivity contribution in [3.05, 3.63) is 29.8 Å². The highest BCUT2D eigenvalue weighted by molar-refractivity contribution is 5.27. The molecule has 0 bridgehead atoms. The molecule has 120 valence electrons. The second-order valence-corrected chi connectivity index (χ2v) is 4.95. The third kappa shape index (κ3) is 9.45. The van der Waals surface area contributed by atoms with E-state index in [1.54, 1.807) is 7.11 Å². The van der Waals surface area contributed by atoms with Crippen LogP contribution >= 0.6 is 0 Å². The molecule has 1 rings (SSSR count). The number of hydrogen-bond acceptors (Lipinski definition) is 4. The average molecular weight is 295 g/mol. The highest BCUT2D eigenvalue weighted by atomic mass is 16.5. The summed E-state index contributed by atoms with van der Waals surface area (Å²) >= 11 is 0. The molecule has 0 heterocycles. The minimum absolute atomic E-state index is 0.673. The van der Waals surface area contributed by atoms with Crippen molar-refractivity contribution >= 4 is 0 Å². The van der Waals surface area contributed by atoms with Crippen LogP contribution in [0.25, 0.3) is 0 Å². The van der Waals surface area contributed by atoms with Gasteiger partial charge in [-0.2, -0.15) is 0 Å². The molecule has 0 fully saturated rings. The lowest BCUT2D eigenvalue weighted by Gasteiger charge is -2.09. The molecule has 0 aliphatic heterocycles. The van der Waals surface area contributed by atoms with Crippen LogP contribution in [0.4, 0.5) is 0 Å². The number of benzene rings is 1. The molecule has 1 aromatic carbocycles. The highest BCUT2D eigenvalue weighted by Gasteiger charge is 1.96. The van der Waals surface area contributed by atoms with E-state index < -0.39 is 0 Å². The van der Waals surface area contributed by atoms with Crippen LogP contribution in [-0.4, -0.2) is 46.6 Å². The van der Waals surface area contributed by atoms with Crippen molar-refractivity contribution in [1.29, 1.82) is 0 Å². The number of rotatable bonds is 13. The third-order valence-electron chi connectivity index (χ3n) is 3.13. The summed E-state index contributed by atoms with van der Waals surface area (Å²) in [6.07, 6.45) is 3.27. The molecule has 0 aliphatic carbocycles. The van der Waals surface area contributed by atoms with Crippen LogP contribution in [0.1, 0.15) is 25.3 Å². The van der Waals surface area contributed by atoms with E-state index in [1.807, 2.05) is 12.1 Å². The van der Waals surface area contributed by atoms with Gasteiger partial charge in [-0.25, -0.2) is 0 Å². The summed E-state index contributed by atoms with van der Waals surface area (Å²) < 4.78 is 16.2. The van der Waals surface area contributed by atoms with Crippen LogP contribution < -0.4 is 10.1 Å². The van der Waals surface area contributed by atoms with Crippen LogP contribution in [0.2, 0.25) is 0 Å². The molecule has 0 aliphatic rings. The maximum absolute atomic E-state index is 5.68.